The molecule has 4 rings (SSSR count). The first-order valence-electron chi connectivity index (χ1n) is 11.3. The number of allylic oxidation sites excluding steroid dienone is 1. The van der Waals surface area contributed by atoms with Crippen LogP contribution in [0, 0.1) is 16.0 Å². The van der Waals surface area contributed by atoms with Crippen molar-refractivity contribution in [2.75, 3.05) is 25.0 Å². The van der Waals surface area contributed by atoms with Crippen molar-refractivity contribution in [3.8, 4) is 5.75 Å². The highest BCUT2D eigenvalue weighted by atomic mass is 16.6. The molecule has 2 N–H and O–H groups in total. The molecule has 0 unspecified atom stereocenters. The van der Waals surface area contributed by atoms with Crippen LogP contribution in [0.2, 0.25) is 0 Å². The molecule has 32 heavy (non-hydrogen) atoms. The summed E-state index contributed by atoms with van der Waals surface area (Å²) in [5.41, 5.74) is 1.61. The van der Waals surface area contributed by atoms with Crippen LogP contribution in [0.15, 0.2) is 48.5 Å². The third-order valence-electron chi connectivity index (χ3n) is 6.60. The molecule has 2 aromatic rings. The number of fused-ring (bicyclic) bond motifs is 1. The Balaban J connectivity index is 1.35. The maximum absolute atomic E-state index is 12.5. The summed E-state index contributed by atoms with van der Waals surface area (Å²) in [5, 5.41) is 24.3. The topological polar surface area (TPSA) is 95.7 Å². The number of non-ortho nitro benzene ring substituents is 1. The standard InChI is InChI=1S/C25H29N3O4/c29-24(12-8-19-16-22(28(31)32)11-13-25(19)30)18-6-9-21(10-7-18)26-17-20-4-3-15-27-14-2-1-5-23(20)27/h6-13,16,20,23,26,30H,1-5,14-15,17H2/b12-8+/t20-,23-/m0/s1. The Bertz CT molecular complexity index is 1000. The van der Waals surface area contributed by atoms with Gasteiger partial charge in [-0.2, -0.15) is 0 Å². The Kier molecular flexibility index (Phi) is 6.85. The van der Waals surface area contributed by atoms with E-state index >= 15 is 0 Å². The van der Waals surface area contributed by atoms with Gasteiger partial charge in [0.2, 0.25) is 0 Å². The molecular weight excluding hydrogens is 406 g/mol. The number of hydrogen-bond donors (Lipinski definition) is 2. The average molecular weight is 436 g/mol. The maximum Gasteiger partial charge on any atom is 0.270 e. The number of benzene rings is 2. The van der Waals surface area contributed by atoms with Crippen LogP contribution in [0.4, 0.5) is 11.4 Å². The van der Waals surface area contributed by atoms with E-state index in [-0.39, 0.29) is 22.8 Å². The molecule has 168 valence electrons. The van der Waals surface area contributed by atoms with Crippen molar-refractivity contribution in [2.24, 2.45) is 5.92 Å². The van der Waals surface area contributed by atoms with E-state index in [0.29, 0.717) is 17.5 Å². The van der Waals surface area contributed by atoms with Gasteiger partial charge >= 0.3 is 0 Å². The first-order valence-corrected chi connectivity index (χ1v) is 11.3. The molecule has 0 radical (unpaired) electrons. The van der Waals surface area contributed by atoms with Crippen LogP contribution in [-0.4, -0.2) is 46.4 Å². The van der Waals surface area contributed by atoms with Gasteiger partial charge in [0.15, 0.2) is 5.78 Å². The lowest BCUT2D eigenvalue weighted by Crippen LogP contribution is -2.49. The molecule has 0 amide bonds. The van der Waals surface area contributed by atoms with Crippen LogP contribution in [0.1, 0.15) is 48.0 Å². The van der Waals surface area contributed by atoms with Crippen molar-refractivity contribution in [2.45, 2.75) is 38.1 Å². The number of hydrogen-bond acceptors (Lipinski definition) is 6. The van der Waals surface area contributed by atoms with Crippen molar-refractivity contribution in [1.82, 2.24) is 4.90 Å². The number of phenols is 1. The SMILES string of the molecule is O=C(/C=C/c1cc([N+](=O)[O-])ccc1O)c1ccc(NC[C@@H]2CCCN3CCCC[C@@H]23)cc1. The number of piperidine rings is 2. The van der Waals surface area contributed by atoms with Gasteiger partial charge < -0.3 is 15.3 Å². The van der Waals surface area contributed by atoms with Crippen LogP contribution in [0.25, 0.3) is 6.08 Å². The molecule has 2 atom stereocenters. The fourth-order valence-corrected chi connectivity index (χ4v) is 4.87. The molecule has 2 fully saturated rings. The lowest BCUT2D eigenvalue weighted by Gasteiger charge is -2.44. The molecule has 0 spiro atoms. The van der Waals surface area contributed by atoms with E-state index in [9.17, 15) is 20.0 Å². The Morgan fingerprint density at radius 1 is 1.12 bits per heavy atom. The smallest absolute Gasteiger partial charge is 0.270 e. The minimum Gasteiger partial charge on any atom is -0.507 e. The summed E-state index contributed by atoms with van der Waals surface area (Å²) in [4.78, 5) is 25.5. The Labute approximate surface area is 187 Å². The molecule has 0 aromatic heterocycles. The maximum atomic E-state index is 12.5. The first-order chi connectivity index (χ1) is 15.5. The average Bonchev–Trinajstić information content (AvgIpc) is 2.82. The van der Waals surface area contributed by atoms with Crippen molar-refractivity contribution in [3.05, 3.63) is 69.8 Å². The third kappa shape index (κ3) is 5.16. The Hall–Kier alpha value is -3.19. The molecule has 2 aliphatic rings. The number of nitro benzene ring substituents is 1. The summed E-state index contributed by atoms with van der Waals surface area (Å²) in [5.74, 6) is 0.321. The Morgan fingerprint density at radius 2 is 1.91 bits per heavy atom. The van der Waals surface area contributed by atoms with Gasteiger partial charge in [-0.3, -0.25) is 14.9 Å². The first kappa shape index (κ1) is 22.0. The predicted octanol–water partition coefficient (Wildman–Crippen LogP) is 4.87. The van der Waals surface area contributed by atoms with Gasteiger partial charge in [0.1, 0.15) is 5.75 Å². The lowest BCUT2D eigenvalue weighted by molar-refractivity contribution is -0.384. The number of anilines is 1. The van der Waals surface area contributed by atoms with Crippen LogP contribution in [-0.2, 0) is 0 Å². The predicted molar refractivity (Wildman–Crippen MR) is 125 cm³/mol. The monoisotopic (exact) mass is 435 g/mol. The number of phenolic OH excluding ortho intramolecular Hbond substituents is 1. The zero-order valence-electron chi connectivity index (χ0n) is 18.1. The van der Waals surface area contributed by atoms with E-state index in [1.54, 1.807) is 12.1 Å². The number of carbonyl (C=O) groups is 1. The van der Waals surface area contributed by atoms with Crippen LogP contribution >= 0.6 is 0 Å². The van der Waals surface area contributed by atoms with E-state index in [4.69, 9.17) is 0 Å². The van der Waals surface area contributed by atoms with Crippen molar-refractivity contribution in [3.63, 3.8) is 0 Å². The van der Waals surface area contributed by atoms with Gasteiger partial charge in [0.05, 0.1) is 4.92 Å². The van der Waals surface area contributed by atoms with Gasteiger partial charge in [-0.15, -0.1) is 0 Å². The molecule has 0 aliphatic carbocycles. The number of ketones is 1. The Morgan fingerprint density at radius 3 is 2.69 bits per heavy atom. The normalized spacial score (nSPS) is 21.2. The summed E-state index contributed by atoms with van der Waals surface area (Å²) in [7, 11) is 0. The largest absolute Gasteiger partial charge is 0.507 e. The third-order valence-corrected chi connectivity index (χ3v) is 6.60. The lowest BCUT2D eigenvalue weighted by atomic mass is 9.83. The van der Waals surface area contributed by atoms with Crippen molar-refractivity contribution < 1.29 is 14.8 Å². The fourth-order valence-electron chi connectivity index (χ4n) is 4.87. The highest BCUT2D eigenvalue weighted by Gasteiger charge is 2.32. The molecule has 0 bridgehead atoms. The summed E-state index contributed by atoms with van der Waals surface area (Å²) >= 11 is 0. The quantitative estimate of drug-likeness (QED) is 0.279. The van der Waals surface area contributed by atoms with E-state index in [2.05, 4.69) is 10.2 Å². The van der Waals surface area contributed by atoms with Gasteiger partial charge in [-0.1, -0.05) is 6.42 Å². The van der Waals surface area contributed by atoms with Gasteiger partial charge in [0, 0.05) is 41.5 Å². The second-order valence-electron chi connectivity index (χ2n) is 8.66. The summed E-state index contributed by atoms with van der Waals surface area (Å²) < 4.78 is 0. The fraction of sp³-hybridized carbons (Fsp3) is 0.400. The minimum atomic E-state index is -0.538. The molecule has 2 saturated heterocycles. The van der Waals surface area contributed by atoms with Gasteiger partial charge in [0.25, 0.3) is 5.69 Å². The zero-order valence-corrected chi connectivity index (χ0v) is 18.1. The number of carbonyl (C=O) groups excluding carboxylic acids is 1. The number of rotatable bonds is 7. The molecule has 2 aromatic carbocycles. The van der Waals surface area contributed by atoms with E-state index in [1.165, 1.54) is 75.5 Å². The summed E-state index contributed by atoms with van der Waals surface area (Å²) in [6, 6.07) is 11.8. The minimum absolute atomic E-state index is 0.113. The van der Waals surface area contributed by atoms with Crippen molar-refractivity contribution in [1.29, 1.82) is 0 Å². The van der Waals surface area contributed by atoms with Crippen LogP contribution in [0.3, 0.4) is 0 Å². The number of aromatic hydroxyl groups is 1. The highest BCUT2D eigenvalue weighted by Crippen LogP contribution is 2.31. The number of nitro groups is 1. The second-order valence-corrected chi connectivity index (χ2v) is 8.66. The zero-order chi connectivity index (χ0) is 22.5. The van der Waals surface area contributed by atoms with Gasteiger partial charge in [-0.25, -0.2) is 0 Å². The van der Waals surface area contributed by atoms with E-state index < -0.39 is 4.92 Å². The summed E-state index contributed by atoms with van der Waals surface area (Å²) in [6.45, 7) is 3.42. The van der Waals surface area contributed by atoms with Crippen molar-refractivity contribution >= 4 is 23.2 Å². The summed E-state index contributed by atoms with van der Waals surface area (Å²) in [6.07, 6.45) is 9.20. The molecular formula is C25H29N3O4. The highest BCUT2D eigenvalue weighted by molar-refractivity contribution is 6.07. The molecule has 2 heterocycles. The molecule has 0 saturated carbocycles. The number of nitrogens with one attached hydrogen (secondary N) is 1. The molecule has 7 nitrogen and oxygen atoms in total. The van der Waals surface area contributed by atoms with E-state index in [0.717, 1.165) is 12.2 Å². The van der Waals surface area contributed by atoms with Crippen LogP contribution < -0.4 is 5.32 Å². The van der Waals surface area contributed by atoms with E-state index in [1.807, 2.05) is 12.1 Å². The van der Waals surface area contributed by atoms with Crippen LogP contribution in [0.5, 0.6) is 5.75 Å². The number of nitrogens with zero attached hydrogens (tertiary/aromatic N) is 2. The molecule has 7 heteroatoms. The second kappa shape index (κ2) is 9.96. The van der Waals surface area contributed by atoms with Gasteiger partial charge in [-0.05, 0) is 87.2 Å². The molecule has 2 aliphatic heterocycles.